The third-order valence-corrected chi connectivity index (χ3v) is 7.39. The molecule has 2 aliphatic rings. The van der Waals surface area contributed by atoms with Crippen molar-refractivity contribution in [1.82, 2.24) is 9.80 Å². The molecule has 0 aromatic heterocycles. The predicted octanol–water partition coefficient (Wildman–Crippen LogP) is 4.09. The molecule has 1 spiro atoms. The summed E-state index contributed by atoms with van der Waals surface area (Å²) in [7, 11) is 0. The molecule has 3 rings (SSSR count). The van der Waals surface area contributed by atoms with Crippen molar-refractivity contribution in [2.24, 2.45) is 0 Å². The summed E-state index contributed by atoms with van der Waals surface area (Å²) < 4.78 is 0. The molecule has 5 heteroatoms. The first-order valence-corrected chi connectivity index (χ1v) is 11.4. The molecule has 2 fully saturated rings. The van der Waals surface area contributed by atoms with E-state index in [1.807, 2.05) is 34.9 Å². The Morgan fingerprint density at radius 1 is 1.00 bits per heavy atom. The van der Waals surface area contributed by atoms with Crippen molar-refractivity contribution >= 4 is 23.6 Å². The van der Waals surface area contributed by atoms with Crippen LogP contribution in [0.25, 0.3) is 0 Å². The van der Waals surface area contributed by atoms with Gasteiger partial charge in [0.15, 0.2) is 0 Å². The van der Waals surface area contributed by atoms with Crippen LogP contribution < -0.4 is 0 Å². The van der Waals surface area contributed by atoms with Gasteiger partial charge < -0.3 is 9.80 Å². The number of thioether (sulfide) groups is 1. The molecule has 0 unspecified atom stereocenters. The summed E-state index contributed by atoms with van der Waals surface area (Å²) in [6, 6.07) is 10.2. The Balaban J connectivity index is 1.51. The third-order valence-electron chi connectivity index (χ3n) is 5.84. The van der Waals surface area contributed by atoms with E-state index in [2.05, 4.69) is 24.0 Å². The highest BCUT2D eigenvalue weighted by Gasteiger charge is 2.46. The zero-order chi connectivity index (χ0) is 19.1. The second kappa shape index (κ2) is 9.63. The standard InChI is InChI=1S/C22H32N2O2S/c1-2-3-5-10-20(25)23-15-13-22(14-16-23)24(17-18-27-22)21(26)12-11-19-8-6-4-7-9-19/h4,6-9H,2-3,5,10-18H2,1H3. The van der Waals surface area contributed by atoms with Crippen LogP contribution in [0.15, 0.2) is 30.3 Å². The van der Waals surface area contributed by atoms with E-state index in [1.54, 1.807) is 0 Å². The van der Waals surface area contributed by atoms with E-state index in [-0.39, 0.29) is 10.8 Å². The monoisotopic (exact) mass is 388 g/mol. The van der Waals surface area contributed by atoms with Crippen LogP contribution in [0.4, 0.5) is 0 Å². The number of benzene rings is 1. The number of unbranched alkanes of at least 4 members (excludes halogenated alkanes) is 2. The molecule has 27 heavy (non-hydrogen) atoms. The van der Waals surface area contributed by atoms with Crippen LogP contribution in [-0.4, -0.2) is 51.9 Å². The third kappa shape index (κ3) is 5.07. The zero-order valence-corrected chi connectivity index (χ0v) is 17.3. The molecule has 0 bridgehead atoms. The normalized spacial score (nSPS) is 18.9. The van der Waals surface area contributed by atoms with Gasteiger partial charge in [0.25, 0.3) is 0 Å². The molecule has 0 N–H and O–H groups in total. The number of amides is 2. The van der Waals surface area contributed by atoms with Gasteiger partial charge in [0, 0.05) is 38.2 Å². The minimum atomic E-state index is -0.0754. The maximum Gasteiger partial charge on any atom is 0.224 e. The summed E-state index contributed by atoms with van der Waals surface area (Å²) >= 11 is 1.93. The Hall–Kier alpha value is -1.49. The average Bonchev–Trinajstić information content (AvgIpc) is 3.10. The van der Waals surface area contributed by atoms with Gasteiger partial charge in [0.1, 0.15) is 0 Å². The lowest BCUT2D eigenvalue weighted by molar-refractivity contribution is -0.137. The van der Waals surface area contributed by atoms with E-state index >= 15 is 0 Å². The van der Waals surface area contributed by atoms with Gasteiger partial charge in [-0.1, -0.05) is 50.1 Å². The summed E-state index contributed by atoms with van der Waals surface area (Å²) in [5, 5.41) is 0. The van der Waals surface area contributed by atoms with Crippen LogP contribution in [0.2, 0.25) is 0 Å². The van der Waals surface area contributed by atoms with E-state index < -0.39 is 0 Å². The van der Waals surface area contributed by atoms with Gasteiger partial charge in [0.05, 0.1) is 4.87 Å². The van der Waals surface area contributed by atoms with Crippen LogP contribution in [0.1, 0.15) is 57.4 Å². The smallest absolute Gasteiger partial charge is 0.224 e. The fraction of sp³-hybridized carbons (Fsp3) is 0.636. The lowest BCUT2D eigenvalue weighted by Crippen LogP contribution is -2.53. The first-order chi connectivity index (χ1) is 13.1. The largest absolute Gasteiger partial charge is 0.342 e. The van der Waals surface area contributed by atoms with Crippen molar-refractivity contribution < 1.29 is 9.59 Å². The molecule has 1 aromatic carbocycles. The predicted molar refractivity (Wildman–Crippen MR) is 112 cm³/mol. The number of likely N-dealkylation sites (tertiary alicyclic amines) is 1. The Kier molecular flexibility index (Phi) is 7.22. The Morgan fingerprint density at radius 3 is 2.44 bits per heavy atom. The van der Waals surface area contributed by atoms with Crippen molar-refractivity contribution in [1.29, 1.82) is 0 Å². The van der Waals surface area contributed by atoms with Gasteiger partial charge in [-0.3, -0.25) is 9.59 Å². The van der Waals surface area contributed by atoms with Crippen LogP contribution in [0.5, 0.6) is 0 Å². The maximum atomic E-state index is 12.9. The van der Waals surface area contributed by atoms with E-state index in [0.717, 1.165) is 63.9 Å². The molecule has 0 radical (unpaired) electrons. The maximum absolute atomic E-state index is 12.9. The average molecular weight is 389 g/mol. The summed E-state index contributed by atoms with van der Waals surface area (Å²) in [5.74, 6) is 1.58. The number of nitrogens with zero attached hydrogens (tertiary/aromatic N) is 2. The Bertz CT molecular complexity index is 626. The second-order valence-corrected chi connectivity index (χ2v) is 9.12. The number of hydrogen-bond acceptors (Lipinski definition) is 3. The van der Waals surface area contributed by atoms with Crippen molar-refractivity contribution in [3.05, 3.63) is 35.9 Å². The molecule has 0 saturated carbocycles. The van der Waals surface area contributed by atoms with Gasteiger partial charge in [-0.25, -0.2) is 0 Å². The second-order valence-electron chi connectivity index (χ2n) is 7.66. The number of rotatable bonds is 7. The number of carbonyl (C=O) groups is 2. The summed E-state index contributed by atoms with van der Waals surface area (Å²) in [5.41, 5.74) is 1.22. The van der Waals surface area contributed by atoms with Crippen molar-refractivity contribution in [3.8, 4) is 0 Å². The van der Waals surface area contributed by atoms with E-state index in [0.29, 0.717) is 18.7 Å². The van der Waals surface area contributed by atoms with Crippen LogP contribution in [0.3, 0.4) is 0 Å². The Morgan fingerprint density at radius 2 is 1.74 bits per heavy atom. The fourth-order valence-electron chi connectivity index (χ4n) is 4.20. The lowest BCUT2D eigenvalue weighted by Gasteiger charge is -2.44. The minimum absolute atomic E-state index is 0.0754. The SMILES string of the molecule is CCCCCC(=O)N1CCC2(CC1)SCCN2C(=O)CCc1ccccc1. The molecule has 0 atom stereocenters. The number of aryl methyl sites for hydroxylation is 1. The first kappa shape index (κ1) is 20.2. The quantitative estimate of drug-likeness (QED) is 0.661. The topological polar surface area (TPSA) is 40.6 Å². The van der Waals surface area contributed by atoms with Crippen molar-refractivity contribution in [2.45, 2.75) is 63.2 Å². The van der Waals surface area contributed by atoms with E-state index in [9.17, 15) is 9.59 Å². The summed E-state index contributed by atoms with van der Waals surface area (Å²) in [6.45, 7) is 4.60. The van der Waals surface area contributed by atoms with Gasteiger partial charge >= 0.3 is 0 Å². The molecule has 0 aliphatic carbocycles. The number of piperidine rings is 1. The molecular weight excluding hydrogens is 356 g/mol. The lowest BCUT2D eigenvalue weighted by atomic mass is 10.00. The summed E-state index contributed by atoms with van der Waals surface area (Å²) in [4.78, 5) is 29.4. The number of carbonyl (C=O) groups excluding carboxylic acids is 2. The highest BCUT2D eigenvalue weighted by atomic mass is 32.2. The highest BCUT2D eigenvalue weighted by molar-refractivity contribution is 8.00. The zero-order valence-electron chi connectivity index (χ0n) is 16.5. The van der Waals surface area contributed by atoms with Crippen molar-refractivity contribution in [2.75, 3.05) is 25.4 Å². The van der Waals surface area contributed by atoms with Gasteiger partial charge in [-0.05, 0) is 31.2 Å². The summed E-state index contributed by atoms with van der Waals surface area (Å²) in [6.07, 6.45) is 7.15. The molecule has 2 saturated heterocycles. The number of hydrogen-bond donors (Lipinski definition) is 0. The van der Waals surface area contributed by atoms with E-state index in [1.165, 1.54) is 5.56 Å². The van der Waals surface area contributed by atoms with Crippen LogP contribution in [0, 0.1) is 0 Å². The van der Waals surface area contributed by atoms with Gasteiger partial charge in [0.2, 0.25) is 11.8 Å². The van der Waals surface area contributed by atoms with Crippen LogP contribution >= 0.6 is 11.8 Å². The molecule has 148 valence electrons. The molecule has 2 aliphatic heterocycles. The molecule has 2 heterocycles. The van der Waals surface area contributed by atoms with Gasteiger partial charge in [-0.15, -0.1) is 11.8 Å². The van der Waals surface area contributed by atoms with Crippen LogP contribution in [-0.2, 0) is 16.0 Å². The first-order valence-electron chi connectivity index (χ1n) is 10.4. The Labute approximate surface area is 167 Å². The minimum Gasteiger partial charge on any atom is -0.342 e. The van der Waals surface area contributed by atoms with Crippen molar-refractivity contribution in [3.63, 3.8) is 0 Å². The molecular formula is C22H32N2O2S. The fourth-order valence-corrected chi connectivity index (χ4v) is 5.67. The molecule has 4 nitrogen and oxygen atoms in total. The highest BCUT2D eigenvalue weighted by Crippen LogP contribution is 2.44. The molecule has 1 aromatic rings. The molecule has 2 amide bonds. The van der Waals surface area contributed by atoms with Gasteiger partial charge in [-0.2, -0.15) is 0 Å². The van der Waals surface area contributed by atoms with E-state index in [4.69, 9.17) is 0 Å².